The van der Waals surface area contributed by atoms with Crippen molar-refractivity contribution in [1.82, 2.24) is 10.2 Å². The minimum Gasteiger partial charge on any atom is -0.378 e. The summed E-state index contributed by atoms with van der Waals surface area (Å²) in [7, 11) is 0. The Balaban J connectivity index is 1.59. The third-order valence-electron chi connectivity index (χ3n) is 5.11. The Morgan fingerprint density at radius 1 is 1.16 bits per heavy atom. The molecule has 0 aromatic heterocycles. The maximum Gasteiger partial charge on any atom is 0.0612 e. The zero-order valence-electron chi connectivity index (χ0n) is 12.6. The van der Waals surface area contributed by atoms with Crippen LogP contribution < -0.4 is 5.32 Å². The monoisotopic (exact) mass is 266 g/mol. The van der Waals surface area contributed by atoms with Crippen LogP contribution >= 0.6 is 0 Å². The first-order valence-electron chi connectivity index (χ1n) is 8.35. The zero-order valence-corrected chi connectivity index (χ0v) is 12.6. The van der Waals surface area contributed by atoms with Crippen LogP contribution in [0, 0.1) is 5.92 Å². The van der Waals surface area contributed by atoms with Gasteiger partial charge in [0.25, 0.3) is 0 Å². The molecule has 3 aliphatic rings. The van der Waals surface area contributed by atoms with Crippen LogP contribution in [0.3, 0.4) is 0 Å². The molecular formula is C16H30N2O. The molecule has 3 rings (SSSR count). The summed E-state index contributed by atoms with van der Waals surface area (Å²) in [5.41, 5.74) is 0. The predicted octanol–water partition coefficient (Wildman–Crippen LogP) is 2.41. The molecule has 1 saturated carbocycles. The topological polar surface area (TPSA) is 24.5 Å². The fourth-order valence-corrected chi connectivity index (χ4v) is 3.74. The van der Waals surface area contributed by atoms with E-state index in [2.05, 4.69) is 24.1 Å². The summed E-state index contributed by atoms with van der Waals surface area (Å²) in [6.45, 7) is 8.07. The lowest BCUT2D eigenvalue weighted by Crippen LogP contribution is -2.49. The number of hydrogen-bond donors (Lipinski definition) is 1. The molecule has 0 radical (unpaired) electrons. The second kappa shape index (κ2) is 6.11. The van der Waals surface area contributed by atoms with E-state index in [1.165, 1.54) is 51.6 Å². The van der Waals surface area contributed by atoms with Crippen molar-refractivity contribution >= 4 is 0 Å². The minimum atomic E-state index is 0.483. The van der Waals surface area contributed by atoms with Crippen LogP contribution in [0.25, 0.3) is 0 Å². The van der Waals surface area contributed by atoms with Gasteiger partial charge in [0.1, 0.15) is 0 Å². The Labute approximate surface area is 118 Å². The molecule has 110 valence electrons. The Hall–Kier alpha value is -0.120. The van der Waals surface area contributed by atoms with E-state index in [-0.39, 0.29) is 0 Å². The number of ether oxygens (including phenoxy) is 1. The fourth-order valence-electron chi connectivity index (χ4n) is 3.74. The standard InChI is InChI=1S/C16H30N2O/c1-12(2)16-10-15(7-9-19-16)18(14-5-6-14)11-13-4-3-8-17-13/h12-17H,3-11H2,1-2H3. The highest BCUT2D eigenvalue weighted by Gasteiger charge is 2.38. The molecule has 0 spiro atoms. The van der Waals surface area contributed by atoms with E-state index >= 15 is 0 Å². The van der Waals surface area contributed by atoms with Gasteiger partial charge in [-0.05, 0) is 51.0 Å². The zero-order chi connectivity index (χ0) is 13.2. The van der Waals surface area contributed by atoms with Gasteiger partial charge >= 0.3 is 0 Å². The SMILES string of the molecule is CC(C)C1CC(N(CC2CCCN2)C2CC2)CCO1. The van der Waals surface area contributed by atoms with Crippen molar-refractivity contribution in [1.29, 1.82) is 0 Å². The van der Waals surface area contributed by atoms with E-state index in [9.17, 15) is 0 Å². The van der Waals surface area contributed by atoms with E-state index < -0.39 is 0 Å². The largest absolute Gasteiger partial charge is 0.378 e. The van der Waals surface area contributed by atoms with Crippen molar-refractivity contribution in [2.45, 2.75) is 76.6 Å². The highest BCUT2D eigenvalue weighted by Crippen LogP contribution is 2.34. The highest BCUT2D eigenvalue weighted by atomic mass is 16.5. The summed E-state index contributed by atoms with van der Waals surface area (Å²) >= 11 is 0. The molecule has 3 unspecified atom stereocenters. The lowest BCUT2D eigenvalue weighted by atomic mass is 9.94. The molecule has 1 aliphatic carbocycles. The van der Waals surface area contributed by atoms with Crippen LogP contribution in [0.15, 0.2) is 0 Å². The van der Waals surface area contributed by atoms with Gasteiger partial charge in [-0.15, -0.1) is 0 Å². The van der Waals surface area contributed by atoms with Gasteiger partial charge in [0, 0.05) is 31.3 Å². The second-order valence-corrected chi connectivity index (χ2v) is 7.05. The molecular weight excluding hydrogens is 236 g/mol. The number of nitrogens with zero attached hydrogens (tertiary/aromatic N) is 1. The van der Waals surface area contributed by atoms with Gasteiger partial charge in [-0.3, -0.25) is 4.90 Å². The van der Waals surface area contributed by atoms with Crippen molar-refractivity contribution in [3.63, 3.8) is 0 Å². The van der Waals surface area contributed by atoms with Gasteiger partial charge in [-0.1, -0.05) is 13.8 Å². The van der Waals surface area contributed by atoms with Crippen molar-refractivity contribution in [2.75, 3.05) is 19.7 Å². The van der Waals surface area contributed by atoms with Crippen molar-refractivity contribution < 1.29 is 4.74 Å². The molecule has 1 N–H and O–H groups in total. The average Bonchev–Trinajstić information content (AvgIpc) is 3.13. The molecule has 0 aromatic rings. The van der Waals surface area contributed by atoms with Crippen LogP contribution in [0.4, 0.5) is 0 Å². The fraction of sp³-hybridized carbons (Fsp3) is 1.00. The van der Waals surface area contributed by atoms with E-state index in [1.807, 2.05) is 0 Å². The molecule has 19 heavy (non-hydrogen) atoms. The minimum absolute atomic E-state index is 0.483. The Morgan fingerprint density at radius 3 is 2.63 bits per heavy atom. The summed E-state index contributed by atoms with van der Waals surface area (Å²) in [6.07, 6.45) is 8.57. The van der Waals surface area contributed by atoms with Crippen molar-refractivity contribution in [3.05, 3.63) is 0 Å². The van der Waals surface area contributed by atoms with E-state index in [1.54, 1.807) is 0 Å². The molecule has 0 amide bonds. The van der Waals surface area contributed by atoms with Crippen molar-refractivity contribution in [2.24, 2.45) is 5.92 Å². The summed E-state index contributed by atoms with van der Waals surface area (Å²) in [6, 6.07) is 2.41. The van der Waals surface area contributed by atoms with E-state index in [0.717, 1.165) is 24.7 Å². The third-order valence-corrected chi connectivity index (χ3v) is 5.11. The lowest BCUT2D eigenvalue weighted by Gasteiger charge is -2.40. The molecule has 0 aromatic carbocycles. The Kier molecular flexibility index (Phi) is 4.45. The molecule has 3 nitrogen and oxygen atoms in total. The molecule has 3 fully saturated rings. The molecule has 2 heterocycles. The van der Waals surface area contributed by atoms with Crippen LogP contribution in [-0.4, -0.2) is 48.8 Å². The van der Waals surface area contributed by atoms with Crippen LogP contribution in [-0.2, 0) is 4.74 Å². The van der Waals surface area contributed by atoms with Crippen molar-refractivity contribution in [3.8, 4) is 0 Å². The van der Waals surface area contributed by atoms with Gasteiger partial charge in [-0.2, -0.15) is 0 Å². The molecule has 2 aliphatic heterocycles. The van der Waals surface area contributed by atoms with Gasteiger partial charge in [0.2, 0.25) is 0 Å². The Bertz CT molecular complexity index is 284. The average molecular weight is 266 g/mol. The van der Waals surface area contributed by atoms with Crippen LogP contribution in [0.2, 0.25) is 0 Å². The first-order valence-corrected chi connectivity index (χ1v) is 8.35. The van der Waals surface area contributed by atoms with E-state index in [4.69, 9.17) is 4.74 Å². The first kappa shape index (κ1) is 13.8. The number of nitrogens with one attached hydrogen (secondary N) is 1. The maximum atomic E-state index is 5.95. The molecule has 3 heteroatoms. The van der Waals surface area contributed by atoms with Gasteiger partial charge in [0.05, 0.1) is 6.10 Å². The summed E-state index contributed by atoms with van der Waals surface area (Å²) < 4.78 is 5.95. The Morgan fingerprint density at radius 2 is 2.00 bits per heavy atom. The van der Waals surface area contributed by atoms with Crippen LogP contribution in [0.5, 0.6) is 0 Å². The second-order valence-electron chi connectivity index (χ2n) is 7.05. The number of rotatable bonds is 5. The summed E-state index contributed by atoms with van der Waals surface area (Å²) in [4.78, 5) is 2.83. The van der Waals surface area contributed by atoms with Gasteiger partial charge in [0.15, 0.2) is 0 Å². The quantitative estimate of drug-likeness (QED) is 0.827. The maximum absolute atomic E-state index is 5.95. The smallest absolute Gasteiger partial charge is 0.0612 e. The molecule has 0 bridgehead atoms. The molecule has 3 atom stereocenters. The third kappa shape index (κ3) is 3.50. The number of hydrogen-bond acceptors (Lipinski definition) is 3. The highest BCUT2D eigenvalue weighted by molar-refractivity contribution is 4.94. The summed E-state index contributed by atoms with van der Waals surface area (Å²) in [5.74, 6) is 0.661. The van der Waals surface area contributed by atoms with Gasteiger partial charge < -0.3 is 10.1 Å². The normalized spacial score (nSPS) is 36.3. The van der Waals surface area contributed by atoms with Gasteiger partial charge in [-0.25, -0.2) is 0 Å². The van der Waals surface area contributed by atoms with Crippen LogP contribution in [0.1, 0.15) is 52.4 Å². The molecule has 2 saturated heterocycles. The lowest BCUT2D eigenvalue weighted by molar-refractivity contribution is -0.0511. The predicted molar refractivity (Wildman–Crippen MR) is 78.4 cm³/mol. The first-order chi connectivity index (χ1) is 9.24. The van der Waals surface area contributed by atoms with E-state index in [0.29, 0.717) is 12.0 Å². The summed E-state index contributed by atoms with van der Waals surface area (Å²) in [5, 5.41) is 3.67.